The first-order valence-electron chi connectivity index (χ1n) is 6.14. The average Bonchev–Trinajstić information content (AvgIpc) is 2.68. The van der Waals surface area contributed by atoms with Gasteiger partial charge in [0, 0.05) is 24.3 Å². The number of benzene rings is 1. The molecule has 0 aliphatic heterocycles. The van der Waals surface area contributed by atoms with Crippen LogP contribution in [0.1, 0.15) is 31.0 Å². The molecule has 1 aromatic carbocycles. The van der Waals surface area contributed by atoms with Crippen LogP contribution >= 0.6 is 12.4 Å². The highest BCUT2D eigenvalue weighted by Crippen LogP contribution is 2.17. The Bertz CT molecular complexity index is 537. The van der Waals surface area contributed by atoms with E-state index < -0.39 is 0 Å². The Morgan fingerprint density at radius 3 is 2.68 bits per heavy atom. The topological polar surface area (TPSA) is 50.1 Å². The summed E-state index contributed by atoms with van der Waals surface area (Å²) in [6.45, 7) is 6.90. The van der Waals surface area contributed by atoms with Crippen molar-refractivity contribution < 1.29 is 5.11 Å². The molecule has 2 aromatic rings. The first-order chi connectivity index (χ1) is 8.56. The van der Waals surface area contributed by atoms with Gasteiger partial charge in [0.25, 0.3) is 0 Å². The van der Waals surface area contributed by atoms with Crippen molar-refractivity contribution in [2.24, 2.45) is 0 Å². The molecule has 19 heavy (non-hydrogen) atoms. The second-order valence-electron chi connectivity index (χ2n) is 4.76. The van der Waals surface area contributed by atoms with Crippen LogP contribution in [-0.2, 0) is 6.54 Å². The molecular formula is C14H20ClN3O. The van der Waals surface area contributed by atoms with Gasteiger partial charge in [-0.15, -0.1) is 12.4 Å². The second-order valence-corrected chi connectivity index (χ2v) is 4.76. The number of halogens is 1. The molecule has 0 aliphatic carbocycles. The lowest BCUT2D eigenvalue weighted by atomic mass is 10.2. The Morgan fingerprint density at radius 1 is 1.37 bits per heavy atom. The fourth-order valence-corrected chi connectivity index (χ4v) is 1.77. The zero-order valence-corrected chi connectivity index (χ0v) is 12.2. The summed E-state index contributed by atoms with van der Waals surface area (Å²) >= 11 is 0. The Labute approximate surface area is 119 Å². The summed E-state index contributed by atoms with van der Waals surface area (Å²) in [4.78, 5) is 0. The molecule has 0 spiro atoms. The van der Waals surface area contributed by atoms with Crippen molar-refractivity contribution in [3.63, 3.8) is 0 Å². The number of nitrogens with one attached hydrogen (secondary N) is 1. The maximum Gasteiger partial charge on any atom is 0.151 e. The summed E-state index contributed by atoms with van der Waals surface area (Å²) in [7, 11) is 0. The third kappa shape index (κ3) is 3.89. The zero-order valence-electron chi connectivity index (χ0n) is 11.4. The van der Waals surface area contributed by atoms with Gasteiger partial charge in [-0.2, -0.15) is 5.10 Å². The van der Waals surface area contributed by atoms with Crippen LogP contribution in [0.2, 0.25) is 0 Å². The third-order valence-electron chi connectivity index (χ3n) is 2.81. The molecule has 0 fully saturated rings. The van der Waals surface area contributed by atoms with Crippen molar-refractivity contribution in [2.75, 3.05) is 5.32 Å². The van der Waals surface area contributed by atoms with E-state index in [2.05, 4.69) is 24.3 Å². The SMILES string of the molecule is Cc1cn(C(C)C)nc1NCc1cccc(O)c1.Cl. The van der Waals surface area contributed by atoms with E-state index in [4.69, 9.17) is 0 Å². The van der Waals surface area contributed by atoms with E-state index in [0.717, 1.165) is 16.9 Å². The minimum absolute atomic E-state index is 0. The summed E-state index contributed by atoms with van der Waals surface area (Å²) < 4.78 is 1.94. The number of rotatable bonds is 4. The molecule has 4 nitrogen and oxygen atoms in total. The van der Waals surface area contributed by atoms with E-state index in [1.165, 1.54) is 0 Å². The predicted molar refractivity (Wildman–Crippen MR) is 80.0 cm³/mol. The second kappa shape index (κ2) is 6.48. The Hall–Kier alpha value is -1.68. The lowest BCUT2D eigenvalue weighted by molar-refractivity contribution is 0.474. The van der Waals surface area contributed by atoms with Crippen LogP contribution in [0.3, 0.4) is 0 Å². The zero-order chi connectivity index (χ0) is 13.1. The van der Waals surface area contributed by atoms with Crippen molar-refractivity contribution in [1.82, 2.24) is 9.78 Å². The van der Waals surface area contributed by atoms with E-state index in [0.29, 0.717) is 18.3 Å². The molecule has 5 heteroatoms. The summed E-state index contributed by atoms with van der Waals surface area (Å²) in [6.07, 6.45) is 2.04. The fourth-order valence-electron chi connectivity index (χ4n) is 1.77. The van der Waals surface area contributed by atoms with Crippen molar-refractivity contribution in [1.29, 1.82) is 0 Å². The number of aromatic hydroxyl groups is 1. The van der Waals surface area contributed by atoms with Gasteiger partial charge in [-0.1, -0.05) is 12.1 Å². The number of aryl methyl sites for hydroxylation is 1. The largest absolute Gasteiger partial charge is 0.508 e. The van der Waals surface area contributed by atoms with Gasteiger partial charge in [0.15, 0.2) is 5.82 Å². The molecule has 0 saturated carbocycles. The van der Waals surface area contributed by atoms with Gasteiger partial charge >= 0.3 is 0 Å². The summed E-state index contributed by atoms with van der Waals surface area (Å²) in [5, 5.41) is 17.2. The monoisotopic (exact) mass is 281 g/mol. The van der Waals surface area contributed by atoms with Crippen molar-refractivity contribution in [3.8, 4) is 5.75 Å². The number of phenols is 1. The van der Waals surface area contributed by atoms with Gasteiger partial charge < -0.3 is 10.4 Å². The number of nitrogens with zero attached hydrogens (tertiary/aromatic N) is 2. The molecule has 1 heterocycles. The minimum atomic E-state index is 0. The highest BCUT2D eigenvalue weighted by molar-refractivity contribution is 5.85. The van der Waals surface area contributed by atoms with Crippen LogP contribution < -0.4 is 5.32 Å². The van der Waals surface area contributed by atoms with E-state index in [1.807, 2.05) is 29.9 Å². The molecule has 104 valence electrons. The number of aromatic nitrogens is 2. The molecule has 2 N–H and O–H groups in total. The number of phenolic OH excluding ortho intramolecular Hbond substituents is 1. The van der Waals surface area contributed by atoms with Gasteiger partial charge in [-0.05, 0) is 38.5 Å². The number of hydrogen-bond acceptors (Lipinski definition) is 3. The molecule has 0 amide bonds. The van der Waals surface area contributed by atoms with Gasteiger partial charge in [-0.25, -0.2) is 0 Å². The van der Waals surface area contributed by atoms with E-state index >= 15 is 0 Å². The third-order valence-corrected chi connectivity index (χ3v) is 2.81. The summed E-state index contributed by atoms with van der Waals surface area (Å²) in [6, 6.07) is 7.59. The van der Waals surface area contributed by atoms with Gasteiger partial charge in [-0.3, -0.25) is 4.68 Å². The van der Waals surface area contributed by atoms with Crippen LogP contribution in [0.5, 0.6) is 5.75 Å². The van der Waals surface area contributed by atoms with Crippen LogP contribution in [0, 0.1) is 6.92 Å². The number of hydrogen-bond donors (Lipinski definition) is 2. The standard InChI is InChI=1S/C14H19N3O.ClH/c1-10(2)17-9-11(3)14(16-17)15-8-12-5-4-6-13(18)7-12;/h4-7,9-10,18H,8H2,1-3H3,(H,15,16);1H. The Balaban J connectivity index is 0.00000180. The first-order valence-corrected chi connectivity index (χ1v) is 6.14. The van der Waals surface area contributed by atoms with Gasteiger partial charge in [0.05, 0.1) is 0 Å². The Morgan fingerprint density at radius 2 is 2.11 bits per heavy atom. The predicted octanol–water partition coefficient (Wildman–Crippen LogP) is 3.51. The van der Waals surface area contributed by atoms with Crippen LogP contribution in [0.15, 0.2) is 30.5 Å². The maximum atomic E-state index is 9.39. The van der Waals surface area contributed by atoms with Crippen LogP contribution in [0.4, 0.5) is 5.82 Å². The van der Waals surface area contributed by atoms with Gasteiger partial charge in [0.1, 0.15) is 5.75 Å². The normalized spacial score (nSPS) is 10.3. The number of anilines is 1. The molecule has 1 aromatic heterocycles. The lowest BCUT2D eigenvalue weighted by Crippen LogP contribution is -2.04. The van der Waals surface area contributed by atoms with Crippen molar-refractivity contribution >= 4 is 18.2 Å². The first kappa shape index (κ1) is 15.4. The maximum absolute atomic E-state index is 9.39. The molecule has 2 rings (SSSR count). The van der Waals surface area contributed by atoms with Crippen molar-refractivity contribution in [2.45, 2.75) is 33.4 Å². The molecule has 0 saturated heterocycles. The molecule has 0 radical (unpaired) electrons. The fraction of sp³-hybridized carbons (Fsp3) is 0.357. The molecule has 0 unspecified atom stereocenters. The van der Waals surface area contributed by atoms with Crippen molar-refractivity contribution in [3.05, 3.63) is 41.6 Å². The van der Waals surface area contributed by atoms with E-state index in [-0.39, 0.29) is 12.4 Å². The van der Waals surface area contributed by atoms with Gasteiger partial charge in [0.2, 0.25) is 0 Å². The van der Waals surface area contributed by atoms with Crippen LogP contribution in [-0.4, -0.2) is 14.9 Å². The van der Waals surface area contributed by atoms with Crippen LogP contribution in [0.25, 0.3) is 0 Å². The van der Waals surface area contributed by atoms with E-state index in [1.54, 1.807) is 12.1 Å². The quantitative estimate of drug-likeness (QED) is 0.902. The lowest BCUT2D eigenvalue weighted by Gasteiger charge is -2.06. The smallest absolute Gasteiger partial charge is 0.151 e. The Kier molecular flexibility index (Phi) is 5.24. The molecule has 0 bridgehead atoms. The highest BCUT2D eigenvalue weighted by Gasteiger charge is 2.06. The molecular weight excluding hydrogens is 262 g/mol. The minimum Gasteiger partial charge on any atom is -0.508 e. The van der Waals surface area contributed by atoms with E-state index in [9.17, 15) is 5.11 Å². The summed E-state index contributed by atoms with van der Waals surface area (Å²) in [5.74, 6) is 1.19. The summed E-state index contributed by atoms with van der Waals surface area (Å²) in [5.41, 5.74) is 2.16. The molecule has 0 atom stereocenters. The highest BCUT2D eigenvalue weighted by atomic mass is 35.5. The molecule has 0 aliphatic rings. The average molecular weight is 282 g/mol.